The molecule has 5 rings (SSSR count). The molecule has 1 aromatic carbocycles. The van der Waals surface area contributed by atoms with Crippen molar-refractivity contribution in [2.24, 2.45) is 24.8 Å². The molecule has 2 aliphatic carbocycles. The minimum Gasteiger partial charge on any atom is -0.339 e. The number of hydrogen-bond acceptors (Lipinski definition) is 4. The van der Waals surface area contributed by atoms with Crippen LogP contribution >= 0.6 is 0 Å². The largest absolute Gasteiger partial charge is 0.339 e. The number of amides is 2. The molecule has 0 aliphatic heterocycles. The van der Waals surface area contributed by atoms with Crippen LogP contribution in [0.3, 0.4) is 0 Å². The quantitative estimate of drug-likeness (QED) is 0.482. The van der Waals surface area contributed by atoms with E-state index in [1.165, 1.54) is 0 Å². The third-order valence-electron chi connectivity index (χ3n) is 7.23. The summed E-state index contributed by atoms with van der Waals surface area (Å²) < 4.78 is 3.55. The molecule has 0 spiro atoms. The second-order valence-corrected chi connectivity index (χ2v) is 10.3. The predicted octanol–water partition coefficient (Wildman–Crippen LogP) is 4.35. The molecule has 35 heavy (non-hydrogen) atoms. The van der Waals surface area contributed by atoms with Crippen molar-refractivity contribution in [2.45, 2.75) is 58.5 Å². The molecule has 2 amide bonds. The smallest absolute Gasteiger partial charge is 0.270 e. The molecule has 0 saturated heterocycles. The summed E-state index contributed by atoms with van der Waals surface area (Å²) in [6, 6.07) is 9.01. The molecular formula is C27H34N6O2. The standard InChI is InChI=1S/C27H34N6O2/c1-16(2)33-22(13-14-28-33)26(34)31-24(23(18-5-6-18)19-7-8-19)27(35)30-21-11-9-20(10-12-21)25-17(3)15-29-32(25)4/h9-16,18-19,23-24H,5-8H2,1-4H3,(H,30,35)(H,31,34)/t24-/m0/s1. The first-order valence-corrected chi connectivity index (χ1v) is 12.6. The lowest BCUT2D eigenvalue weighted by Gasteiger charge is -2.28. The van der Waals surface area contributed by atoms with E-state index in [2.05, 4.69) is 20.8 Å². The van der Waals surface area contributed by atoms with Crippen LogP contribution < -0.4 is 10.6 Å². The van der Waals surface area contributed by atoms with Crippen molar-refractivity contribution < 1.29 is 9.59 Å². The average Bonchev–Trinajstić information content (AvgIpc) is 3.76. The predicted molar refractivity (Wildman–Crippen MR) is 135 cm³/mol. The van der Waals surface area contributed by atoms with Gasteiger partial charge in [0.15, 0.2) is 0 Å². The van der Waals surface area contributed by atoms with Crippen LogP contribution in [0, 0.1) is 24.7 Å². The number of carbonyl (C=O) groups is 2. The molecule has 184 valence electrons. The van der Waals surface area contributed by atoms with Crippen molar-refractivity contribution in [1.29, 1.82) is 0 Å². The van der Waals surface area contributed by atoms with Crippen LogP contribution in [0.2, 0.25) is 0 Å². The molecule has 0 radical (unpaired) electrons. The number of anilines is 1. The number of aryl methyl sites for hydroxylation is 2. The van der Waals surface area contributed by atoms with Gasteiger partial charge < -0.3 is 10.6 Å². The number of carbonyl (C=O) groups excluding carboxylic acids is 2. The van der Waals surface area contributed by atoms with Gasteiger partial charge in [0, 0.05) is 30.5 Å². The summed E-state index contributed by atoms with van der Waals surface area (Å²) in [5, 5.41) is 14.8. The zero-order valence-electron chi connectivity index (χ0n) is 20.9. The van der Waals surface area contributed by atoms with Crippen LogP contribution in [0.1, 0.15) is 61.6 Å². The number of aromatic nitrogens is 4. The van der Waals surface area contributed by atoms with Crippen molar-refractivity contribution in [1.82, 2.24) is 24.9 Å². The first kappa shape index (κ1) is 23.3. The topological polar surface area (TPSA) is 93.8 Å². The van der Waals surface area contributed by atoms with Gasteiger partial charge in [-0.2, -0.15) is 10.2 Å². The molecule has 2 aliphatic rings. The van der Waals surface area contributed by atoms with Crippen molar-refractivity contribution in [3.8, 4) is 11.3 Å². The van der Waals surface area contributed by atoms with E-state index in [4.69, 9.17) is 0 Å². The van der Waals surface area contributed by atoms with Crippen molar-refractivity contribution >= 4 is 17.5 Å². The highest BCUT2D eigenvalue weighted by Crippen LogP contribution is 2.51. The fraction of sp³-hybridized carbons (Fsp3) is 0.481. The Hall–Kier alpha value is -3.42. The molecule has 3 aromatic rings. The van der Waals surface area contributed by atoms with E-state index in [1.54, 1.807) is 16.9 Å². The molecule has 2 aromatic heterocycles. The third-order valence-corrected chi connectivity index (χ3v) is 7.23. The Morgan fingerprint density at radius 1 is 1.00 bits per heavy atom. The van der Waals surface area contributed by atoms with E-state index in [9.17, 15) is 9.59 Å². The van der Waals surface area contributed by atoms with E-state index < -0.39 is 6.04 Å². The third kappa shape index (κ3) is 4.88. The van der Waals surface area contributed by atoms with Gasteiger partial charge in [-0.05, 0) is 88.0 Å². The van der Waals surface area contributed by atoms with Gasteiger partial charge in [0.05, 0.1) is 11.9 Å². The summed E-state index contributed by atoms with van der Waals surface area (Å²) in [7, 11) is 1.92. The molecule has 1 atom stereocenters. The van der Waals surface area contributed by atoms with Gasteiger partial charge in [-0.25, -0.2) is 0 Å². The zero-order chi connectivity index (χ0) is 24.7. The maximum absolute atomic E-state index is 13.6. The van der Waals surface area contributed by atoms with Crippen LogP contribution in [-0.2, 0) is 11.8 Å². The van der Waals surface area contributed by atoms with Gasteiger partial charge in [0.25, 0.3) is 5.91 Å². The average molecular weight is 475 g/mol. The van der Waals surface area contributed by atoms with Crippen LogP contribution in [0.4, 0.5) is 5.69 Å². The summed E-state index contributed by atoms with van der Waals surface area (Å²) >= 11 is 0. The maximum Gasteiger partial charge on any atom is 0.270 e. The molecular weight excluding hydrogens is 440 g/mol. The van der Waals surface area contributed by atoms with E-state index in [0.717, 1.165) is 48.2 Å². The zero-order valence-corrected chi connectivity index (χ0v) is 20.9. The van der Waals surface area contributed by atoms with E-state index in [0.29, 0.717) is 17.5 Å². The molecule has 0 bridgehead atoms. The number of nitrogens with one attached hydrogen (secondary N) is 2. The maximum atomic E-state index is 13.6. The number of benzene rings is 1. The highest BCUT2D eigenvalue weighted by Gasteiger charge is 2.48. The summed E-state index contributed by atoms with van der Waals surface area (Å²) in [4.78, 5) is 26.9. The van der Waals surface area contributed by atoms with Crippen LogP contribution in [0.25, 0.3) is 11.3 Å². The fourth-order valence-electron chi connectivity index (χ4n) is 5.24. The Morgan fingerprint density at radius 3 is 2.20 bits per heavy atom. The van der Waals surface area contributed by atoms with E-state index in [-0.39, 0.29) is 23.8 Å². The lowest BCUT2D eigenvalue weighted by Crippen LogP contribution is -2.50. The highest BCUT2D eigenvalue weighted by atomic mass is 16.2. The fourth-order valence-corrected chi connectivity index (χ4v) is 5.24. The van der Waals surface area contributed by atoms with Crippen LogP contribution in [-0.4, -0.2) is 37.4 Å². The number of rotatable bonds is 9. The SMILES string of the molecule is Cc1cnn(C)c1-c1ccc(NC(=O)[C@@H](NC(=O)c2ccnn2C(C)C)C(C2CC2)C2CC2)cc1. The Labute approximate surface area is 206 Å². The molecule has 2 heterocycles. The van der Waals surface area contributed by atoms with Gasteiger partial charge in [-0.15, -0.1) is 0 Å². The first-order valence-electron chi connectivity index (χ1n) is 12.6. The highest BCUT2D eigenvalue weighted by molar-refractivity contribution is 6.01. The Bertz CT molecular complexity index is 1190. The van der Waals surface area contributed by atoms with Gasteiger partial charge in [0.1, 0.15) is 11.7 Å². The lowest BCUT2D eigenvalue weighted by atomic mass is 9.88. The molecule has 8 nitrogen and oxygen atoms in total. The molecule has 8 heteroatoms. The second-order valence-electron chi connectivity index (χ2n) is 10.3. The minimum atomic E-state index is -0.572. The number of nitrogens with zero attached hydrogens (tertiary/aromatic N) is 4. The summed E-state index contributed by atoms with van der Waals surface area (Å²) in [5.41, 5.74) is 4.40. The molecule has 0 unspecified atom stereocenters. The van der Waals surface area contributed by atoms with Crippen LogP contribution in [0.5, 0.6) is 0 Å². The van der Waals surface area contributed by atoms with E-state index >= 15 is 0 Å². The molecule has 2 fully saturated rings. The van der Waals surface area contributed by atoms with Crippen molar-refractivity contribution in [3.05, 3.63) is 54.0 Å². The summed E-state index contributed by atoms with van der Waals surface area (Å²) in [6.07, 6.45) is 7.99. The lowest BCUT2D eigenvalue weighted by molar-refractivity contribution is -0.119. The Morgan fingerprint density at radius 2 is 1.66 bits per heavy atom. The van der Waals surface area contributed by atoms with Crippen molar-refractivity contribution in [2.75, 3.05) is 5.32 Å². The second kappa shape index (κ2) is 9.32. The monoisotopic (exact) mass is 474 g/mol. The Balaban J connectivity index is 1.36. The van der Waals surface area contributed by atoms with Crippen LogP contribution in [0.15, 0.2) is 42.7 Å². The summed E-state index contributed by atoms with van der Waals surface area (Å²) in [6.45, 7) is 6.01. The van der Waals surface area contributed by atoms with E-state index in [1.807, 2.05) is 63.0 Å². The van der Waals surface area contributed by atoms with Gasteiger partial charge in [-0.1, -0.05) is 12.1 Å². The molecule has 2 saturated carbocycles. The van der Waals surface area contributed by atoms with Gasteiger partial charge in [-0.3, -0.25) is 19.0 Å². The normalized spacial score (nSPS) is 16.5. The minimum absolute atomic E-state index is 0.0577. The van der Waals surface area contributed by atoms with Gasteiger partial charge >= 0.3 is 0 Å². The molecule has 2 N–H and O–H groups in total. The van der Waals surface area contributed by atoms with Gasteiger partial charge in [0.2, 0.25) is 5.91 Å². The van der Waals surface area contributed by atoms with Crippen molar-refractivity contribution in [3.63, 3.8) is 0 Å². The number of hydrogen-bond donors (Lipinski definition) is 2. The first-order chi connectivity index (χ1) is 16.8. The summed E-state index contributed by atoms with van der Waals surface area (Å²) in [5.74, 6) is 0.783. The Kier molecular flexibility index (Phi) is 6.21.